The maximum Gasteiger partial charge on any atom is 0.130 e. The summed E-state index contributed by atoms with van der Waals surface area (Å²) in [7, 11) is 1.70. The van der Waals surface area contributed by atoms with Gasteiger partial charge in [-0.25, -0.2) is 0 Å². The highest BCUT2D eigenvalue weighted by atomic mass is 32.2. The van der Waals surface area contributed by atoms with Crippen molar-refractivity contribution in [3.8, 4) is 5.75 Å². The molecule has 0 amide bonds. The number of rotatable bonds is 4. The predicted molar refractivity (Wildman–Crippen MR) is 67.6 cm³/mol. The maximum absolute atomic E-state index is 5.46. The van der Waals surface area contributed by atoms with Crippen LogP contribution >= 0.6 is 11.8 Å². The molecule has 0 bridgehead atoms. The van der Waals surface area contributed by atoms with Crippen molar-refractivity contribution < 1.29 is 4.74 Å². The van der Waals surface area contributed by atoms with Gasteiger partial charge in [-0.05, 0) is 24.8 Å². The van der Waals surface area contributed by atoms with E-state index in [0.29, 0.717) is 6.54 Å². The highest BCUT2D eigenvalue weighted by molar-refractivity contribution is 7.98. The van der Waals surface area contributed by atoms with Crippen molar-refractivity contribution in [3.63, 3.8) is 0 Å². The van der Waals surface area contributed by atoms with E-state index in [0.717, 1.165) is 16.9 Å². The zero-order valence-electron chi connectivity index (χ0n) is 9.41. The minimum absolute atomic E-state index is 0.547. The second-order valence-electron chi connectivity index (χ2n) is 3.17. The molecule has 0 aromatic heterocycles. The number of aryl methyl sites for hydroxylation is 1. The first-order chi connectivity index (χ1) is 7.24. The van der Waals surface area contributed by atoms with Crippen molar-refractivity contribution in [2.24, 2.45) is 5.73 Å². The van der Waals surface area contributed by atoms with Crippen LogP contribution in [0, 0.1) is 6.92 Å². The Kier molecular flexibility index (Phi) is 4.72. The Morgan fingerprint density at radius 2 is 2.20 bits per heavy atom. The molecule has 82 valence electrons. The smallest absolute Gasteiger partial charge is 0.130 e. The second-order valence-corrected chi connectivity index (χ2v) is 4.02. The van der Waals surface area contributed by atoms with Crippen LogP contribution in [0.1, 0.15) is 11.1 Å². The predicted octanol–water partition coefficient (Wildman–Crippen LogP) is 2.70. The molecule has 0 radical (unpaired) electrons. The average molecular weight is 223 g/mol. The quantitative estimate of drug-likeness (QED) is 0.797. The number of ether oxygens (including phenoxy) is 1. The monoisotopic (exact) mass is 223 g/mol. The molecule has 0 fully saturated rings. The maximum atomic E-state index is 5.46. The van der Waals surface area contributed by atoms with Crippen molar-refractivity contribution in [2.45, 2.75) is 11.8 Å². The number of methoxy groups -OCH3 is 1. The van der Waals surface area contributed by atoms with Crippen LogP contribution in [0.3, 0.4) is 0 Å². The summed E-state index contributed by atoms with van der Waals surface area (Å²) < 4.78 is 5.41. The van der Waals surface area contributed by atoms with E-state index in [1.54, 1.807) is 18.9 Å². The molecule has 2 N–H and O–H groups in total. The summed E-state index contributed by atoms with van der Waals surface area (Å²) >= 11 is 1.71. The Morgan fingerprint density at radius 3 is 2.73 bits per heavy atom. The lowest BCUT2D eigenvalue weighted by Crippen LogP contribution is -1.95. The zero-order valence-corrected chi connectivity index (χ0v) is 10.2. The third kappa shape index (κ3) is 2.76. The van der Waals surface area contributed by atoms with E-state index < -0.39 is 0 Å². The number of thioether (sulfide) groups is 1. The molecule has 2 nitrogen and oxygen atoms in total. The molecule has 0 spiro atoms. The van der Waals surface area contributed by atoms with Crippen LogP contribution in [-0.2, 0) is 0 Å². The normalized spacial score (nSPS) is 10.9. The van der Waals surface area contributed by atoms with Crippen LogP contribution in [0.2, 0.25) is 0 Å². The van der Waals surface area contributed by atoms with Gasteiger partial charge in [0, 0.05) is 17.0 Å². The number of hydrogen-bond donors (Lipinski definition) is 1. The van der Waals surface area contributed by atoms with E-state index in [1.807, 2.05) is 19.1 Å². The zero-order chi connectivity index (χ0) is 11.3. The fourth-order valence-corrected chi connectivity index (χ4v) is 2.07. The Hall–Kier alpha value is -0.930. The van der Waals surface area contributed by atoms with Gasteiger partial charge >= 0.3 is 0 Å². The molecule has 0 saturated carbocycles. The van der Waals surface area contributed by atoms with Crippen molar-refractivity contribution in [1.82, 2.24) is 0 Å². The van der Waals surface area contributed by atoms with E-state index in [1.165, 1.54) is 4.90 Å². The summed E-state index contributed by atoms with van der Waals surface area (Å²) in [4.78, 5) is 1.21. The van der Waals surface area contributed by atoms with Crippen molar-refractivity contribution in [1.29, 1.82) is 0 Å². The van der Waals surface area contributed by atoms with Crippen molar-refractivity contribution in [2.75, 3.05) is 19.9 Å². The van der Waals surface area contributed by atoms with E-state index in [4.69, 9.17) is 10.5 Å². The third-order valence-electron chi connectivity index (χ3n) is 2.20. The highest BCUT2D eigenvalue weighted by Crippen LogP contribution is 2.32. The van der Waals surface area contributed by atoms with Crippen LogP contribution in [0.5, 0.6) is 5.75 Å². The fraction of sp³-hybridized carbons (Fsp3) is 0.333. The van der Waals surface area contributed by atoms with Crippen LogP contribution in [0.15, 0.2) is 23.1 Å². The SMILES string of the molecule is COc1c(C)ccc(SC)c1/C=C/CN. The van der Waals surface area contributed by atoms with Gasteiger partial charge in [-0.3, -0.25) is 0 Å². The number of hydrogen-bond acceptors (Lipinski definition) is 3. The van der Waals surface area contributed by atoms with E-state index >= 15 is 0 Å². The molecule has 0 heterocycles. The molecule has 0 aliphatic carbocycles. The average Bonchev–Trinajstić information content (AvgIpc) is 2.26. The third-order valence-corrected chi connectivity index (χ3v) is 2.99. The van der Waals surface area contributed by atoms with E-state index in [9.17, 15) is 0 Å². The molecule has 0 saturated heterocycles. The van der Waals surface area contributed by atoms with Crippen molar-refractivity contribution in [3.05, 3.63) is 29.3 Å². The van der Waals surface area contributed by atoms with Gasteiger partial charge in [-0.2, -0.15) is 0 Å². The second kappa shape index (κ2) is 5.83. The van der Waals surface area contributed by atoms with Crippen LogP contribution in [-0.4, -0.2) is 19.9 Å². The topological polar surface area (TPSA) is 35.2 Å². The highest BCUT2D eigenvalue weighted by Gasteiger charge is 2.08. The summed E-state index contributed by atoms with van der Waals surface area (Å²) in [6.07, 6.45) is 6.03. The van der Waals surface area contributed by atoms with Crippen LogP contribution in [0.4, 0.5) is 0 Å². The van der Waals surface area contributed by atoms with Gasteiger partial charge in [-0.1, -0.05) is 18.2 Å². The lowest BCUT2D eigenvalue weighted by atomic mass is 10.1. The first-order valence-corrected chi connectivity index (χ1v) is 6.05. The van der Waals surface area contributed by atoms with Crippen LogP contribution in [0.25, 0.3) is 6.08 Å². The van der Waals surface area contributed by atoms with E-state index in [2.05, 4.69) is 18.4 Å². The number of benzene rings is 1. The summed E-state index contributed by atoms with van der Waals surface area (Å²) in [5.41, 5.74) is 7.73. The molecule has 1 rings (SSSR count). The largest absolute Gasteiger partial charge is 0.496 e. The molecule has 0 atom stereocenters. The standard InChI is InChI=1S/C12H17NOS/c1-9-6-7-11(15-3)10(5-4-8-13)12(9)14-2/h4-7H,8,13H2,1-3H3/b5-4+. The van der Waals surface area contributed by atoms with Crippen LogP contribution < -0.4 is 10.5 Å². The van der Waals surface area contributed by atoms with Gasteiger partial charge in [0.25, 0.3) is 0 Å². The lowest BCUT2D eigenvalue weighted by molar-refractivity contribution is 0.409. The molecule has 0 aliphatic rings. The van der Waals surface area contributed by atoms with Gasteiger partial charge < -0.3 is 10.5 Å². The Morgan fingerprint density at radius 1 is 1.47 bits per heavy atom. The molecule has 3 heteroatoms. The Bertz CT molecular complexity index is 361. The first kappa shape index (κ1) is 12.1. The van der Waals surface area contributed by atoms with Crippen molar-refractivity contribution >= 4 is 17.8 Å². The van der Waals surface area contributed by atoms with Gasteiger partial charge in [0.05, 0.1) is 7.11 Å². The summed E-state index contributed by atoms with van der Waals surface area (Å²) in [6.45, 7) is 2.59. The Labute approximate surface area is 95.5 Å². The molecule has 1 aromatic carbocycles. The van der Waals surface area contributed by atoms with Gasteiger partial charge in [0.1, 0.15) is 5.75 Å². The molecular formula is C12H17NOS. The van der Waals surface area contributed by atoms with Gasteiger partial charge in [0.2, 0.25) is 0 Å². The fourth-order valence-electron chi connectivity index (χ4n) is 1.48. The molecular weight excluding hydrogens is 206 g/mol. The molecule has 0 unspecified atom stereocenters. The minimum atomic E-state index is 0.547. The minimum Gasteiger partial charge on any atom is -0.496 e. The summed E-state index contributed by atoms with van der Waals surface area (Å²) in [6, 6.07) is 4.18. The lowest BCUT2D eigenvalue weighted by Gasteiger charge is -2.12. The summed E-state index contributed by atoms with van der Waals surface area (Å²) in [5, 5.41) is 0. The van der Waals surface area contributed by atoms with Gasteiger partial charge in [-0.15, -0.1) is 11.8 Å². The number of nitrogens with two attached hydrogens (primary N) is 1. The van der Waals surface area contributed by atoms with Gasteiger partial charge in [0.15, 0.2) is 0 Å². The van der Waals surface area contributed by atoms with E-state index in [-0.39, 0.29) is 0 Å². The first-order valence-electron chi connectivity index (χ1n) is 4.82. The molecule has 1 aromatic rings. The molecule has 0 aliphatic heterocycles. The summed E-state index contributed by atoms with van der Waals surface area (Å²) in [5.74, 6) is 0.937. The molecule has 15 heavy (non-hydrogen) atoms. The Balaban J connectivity index is 3.27.